The Kier molecular flexibility index (Phi) is 5.58. The average molecular weight is 403 g/mol. The minimum absolute atomic E-state index is 0.0183. The Bertz CT molecular complexity index is 1090. The van der Waals surface area contributed by atoms with Crippen LogP contribution in [0.1, 0.15) is 18.0 Å². The number of amides is 1. The average Bonchev–Trinajstić information content (AvgIpc) is 3.21. The van der Waals surface area contributed by atoms with Crippen LogP contribution in [0.15, 0.2) is 78.9 Å². The van der Waals surface area contributed by atoms with Crippen LogP contribution in [0.4, 0.5) is 0 Å². The van der Waals surface area contributed by atoms with Gasteiger partial charge in [-0.2, -0.15) is 0 Å². The molecule has 1 atom stereocenters. The Hall–Kier alpha value is -3.18. The van der Waals surface area contributed by atoms with Gasteiger partial charge in [0.2, 0.25) is 0 Å². The van der Waals surface area contributed by atoms with E-state index in [1.807, 2.05) is 79.7 Å². The maximum atomic E-state index is 12.8. The topological polar surface area (TPSA) is 42.4 Å². The van der Waals surface area contributed by atoms with Crippen LogP contribution in [0.3, 0.4) is 0 Å². The van der Waals surface area contributed by atoms with Crippen LogP contribution in [0, 0.1) is 0 Å². The van der Waals surface area contributed by atoms with E-state index in [1.54, 1.807) is 23.3 Å². The first-order valence-corrected chi connectivity index (χ1v) is 10.3. The van der Waals surface area contributed by atoms with Gasteiger partial charge in [0.1, 0.15) is 10.8 Å². The smallest absolute Gasteiger partial charge is 0.260 e. The van der Waals surface area contributed by atoms with Gasteiger partial charge in [-0.15, -0.1) is 11.3 Å². The highest BCUT2D eigenvalue weighted by atomic mass is 32.1. The number of rotatable bonds is 6. The summed E-state index contributed by atoms with van der Waals surface area (Å²) < 4.78 is 7.04. The third-order valence-electron chi connectivity index (χ3n) is 4.97. The molecule has 5 heteroatoms. The molecular weight excluding hydrogens is 380 g/mol. The third-order valence-corrected chi connectivity index (χ3v) is 6.17. The summed E-state index contributed by atoms with van der Waals surface area (Å²) >= 11 is 1.62. The van der Waals surface area contributed by atoms with Crippen molar-refractivity contribution in [2.24, 2.45) is 0 Å². The van der Waals surface area contributed by atoms with Gasteiger partial charge in [-0.05, 0) is 30.7 Å². The van der Waals surface area contributed by atoms with Gasteiger partial charge >= 0.3 is 0 Å². The molecule has 0 aliphatic heterocycles. The molecule has 1 amide bonds. The number of carbonyl (C=O) groups is 1. The Morgan fingerprint density at radius 2 is 1.69 bits per heavy atom. The van der Waals surface area contributed by atoms with Crippen molar-refractivity contribution in [3.05, 3.63) is 83.9 Å². The molecule has 0 bridgehead atoms. The molecule has 0 radical (unpaired) electrons. The minimum atomic E-state index is -0.118. The summed E-state index contributed by atoms with van der Waals surface area (Å²) in [6.45, 7) is 1.98. The van der Waals surface area contributed by atoms with E-state index in [4.69, 9.17) is 4.74 Å². The van der Waals surface area contributed by atoms with E-state index in [-0.39, 0.29) is 18.6 Å². The summed E-state index contributed by atoms with van der Waals surface area (Å²) in [4.78, 5) is 19.1. The van der Waals surface area contributed by atoms with Crippen molar-refractivity contribution < 1.29 is 9.53 Å². The van der Waals surface area contributed by atoms with Crippen molar-refractivity contribution in [2.75, 3.05) is 13.7 Å². The van der Waals surface area contributed by atoms with Gasteiger partial charge in [-0.3, -0.25) is 4.79 Å². The monoisotopic (exact) mass is 402 g/mol. The van der Waals surface area contributed by atoms with Gasteiger partial charge < -0.3 is 9.64 Å². The summed E-state index contributed by atoms with van der Waals surface area (Å²) in [5, 5.41) is 0.923. The van der Waals surface area contributed by atoms with E-state index in [9.17, 15) is 4.79 Å². The predicted octanol–water partition coefficient (Wildman–Crippen LogP) is 5.56. The van der Waals surface area contributed by atoms with Crippen molar-refractivity contribution in [1.29, 1.82) is 0 Å². The summed E-state index contributed by atoms with van der Waals surface area (Å²) in [7, 11) is 1.80. The number of hydrogen-bond acceptors (Lipinski definition) is 4. The normalized spacial score (nSPS) is 11.9. The van der Waals surface area contributed by atoms with Crippen LogP contribution in [0.25, 0.3) is 21.3 Å². The van der Waals surface area contributed by atoms with E-state index < -0.39 is 0 Å². The van der Waals surface area contributed by atoms with Gasteiger partial charge in [0.05, 0.1) is 16.3 Å². The fraction of sp³-hybridized carbons (Fsp3) is 0.167. The van der Waals surface area contributed by atoms with Gasteiger partial charge in [0.15, 0.2) is 6.61 Å². The van der Waals surface area contributed by atoms with Crippen LogP contribution < -0.4 is 4.74 Å². The van der Waals surface area contributed by atoms with Crippen LogP contribution in [-0.4, -0.2) is 29.4 Å². The second-order valence-electron chi connectivity index (χ2n) is 6.85. The van der Waals surface area contributed by atoms with E-state index in [0.717, 1.165) is 26.4 Å². The lowest BCUT2D eigenvalue weighted by molar-refractivity contribution is -0.133. The van der Waals surface area contributed by atoms with Gasteiger partial charge in [0, 0.05) is 12.6 Å². The van der Waals surface area contributed by atoms with E-state index in [0.29, 0.717) is 5.75 Å². The van der Waals surface area contributed by atoms with E-state index >= 15 is 0 Å². The number of carbonyl (C=O) groups excluding carboxylic acids is 1. The fourth-order valence-electron chi connectivity index (χ4n) is 3.14. The fourth-order valence-corrected chi connectivity index (χ4v) is 4.20. The second-order valence-corrected chi connectivity index (χ2v) is 7.91. The summed E-state index contributed by atoms with van der Waals surface area (Å²) in [6, 6.07) is 25.7. The van der Waals surface area contributed by atoms with E-state index in [2.05, 4.69) is 11.1 Å². The van der Waals surface area contributed by atoms with Crippen LogP contribution >= 0.6 is 11.3 Å². The first kappa shape index (κ1) is 19.2. The Morgan fingerprint density at radius 3 is 2.48 bits per heavy atom. The molecule has 0 fully saturated rings. The zero-order valence-corrected chi connectivity index (χ0v) is 17.2. The quantitative estimate of drug-likeness (QED) is 0.424. The molecule has 0 saturated carbocycles. The molecular formula is C24H22N2O2S. The Labute approximate surface area is 174 Å². The Morgan fingerprint density at radius 1 is 1.00 bits per heavy atom. The lowest BCUT2D eigenvalue weighted by Gasteiger charge is -2.23. The third kappa shape index (κ3) is 4.15. The first-order valence-electron chi connectivity index (χ1n) is 9.52. The first-order chi connectivity index (χ1) is 14.1. The zero-order chi connectivity index (χ0) is 20.2. The number of benzene rings is 3. The maximum absolute atomic E-state index is 12.8. The van der Waals surface area contributed by atoms with Crippen LogP contribution in [0.5, 0.6) is 5.75 Å². The zero-order valence-electron chi connectivity index (χ0n) is 16.4. The van der Waals surface area contributed by atoms with Crippen molar-refractivity contribution in [3.8, 4) is 16.9 Å². The van der Waals surface area contributed by atoms with Crippen molar-refractivity contribution in [1.82, 2.24) is 9.88 Å². The SMILES string of the molecule is C[C@H](c1nc2ccccc2s1)N(C)C(=O)COc1ccccc1-c1ccccc1. The predicted molar refractivity (Wildman–Crippen MR) is 118 cm³/mol. The summed E-state index contributed by atoms with van der Waals surface area (Å²) in [5.41, 5.74) is 3.00. The molecule has 4 nitrogen and oxygen atoms in total. The molecule has 0 aliphatic carbocycles. The molecule has 1 aromatic heterocycles. The number of likely N-dealkylation sites (N-methyl/N-ethyl adjacent to an activating group) is 1. The summed E-state index contributed by atoms with van der Waals surface area (Å²) in [6.07, 6.45) is 0. The molecule has 29 heavy (non-hydrogen) atoms. The maximum Gasteiger partial charge on any atom is 0.260 e. The molecule has 3 aromatic carbocycles. The minimum Gasteiger partial charge on any atom is -0.483 e. The molecule has 4 rings (SSSR count). The molecule has 0 unspecified atom stereocenters. The second kappa shape index (κ2) is 8.45. The standard InChI is InChI=1S/C24H22N2O2S/c1-17(24-25-20-13-7-9-15-22(20)29-24)26(2)23(27)16-28-21-14-8-6-12-19(21)18-10-4-3-5-11-18/h3-15,17H,16H2,1-2H3/t17-/m1/s1. The highest BCUT2D eigenvalue weighted by Gasteiger charge is 2.21. The lowest BCUT2D eigenvalue weighted by Crippen LogP contribution is -2.33. The van der Waals surface area contributed by atoms with E-state index in [1.165, 1.54) is 0 Å². The van der Waals surface area contributed by atoms with Crippen LogP contribution in [-0.2, 0) is 4.79 Å². The number of aromatic nitrogens is 1. The molecule has 0 saturated heterocycles. The lowest BCUT2D eigenvalue weighted by atomic mass is 10.1. The molecule has 0 spiro atoms. The number of fused-ring (bicyclic) bond motifs is 1. The largest absolute Gasteiger partial charge is 0.483 e. The summed E-state index contributed by atoms with van der Waals surface area (Å²) in [5.74, 6) is 0.618. The van der Waals surface area contributed by atoms with Gasteiger partial charge in [0.25, 0.3) is 5.91 Å². The molecule has 0 N–H and O–H groups in total. The number of nitrogens with zero attached hydrogens (tertiary/aromatic N) is 2. The highest BCUT2D eigenvalue weighted by Crippen LogP contribution is 2.31. The van der Waals surface area contributed by atoms with Gasteiger partial charge in [-0.25, -0.2) is 4.98 Å². The number of thiazole rings is 1. The highest BCUT2D eigenvalue weighted by molar-refractivity contribution is 7.18. The van der Waals surface area contributed by atoms with Gasteiger partial charge in [-0.1, -0.05) is 60.7 Å². The molecule has 1 heterocycles. The molecule has 146 valence electrons. The number of hydrogen-bond donors (Lipinski definition) is 0. The van der Waals surface area contributed by atoms with Crippen molar-refractivity contribution >= 4 is 27.5 Å². The number of para-hydroxylation sites is 2. The van der Waals surface area contributed by atoms with Crippen LogP contribution in [0.2, 0.25) is 0 Å². The van der Waals surface area contributed by atoms with Crippen molar-refractivity contribution in [2.45, 2.75) is 13.0 Å². The molecule has 4 aromatic rings. The van der Waals surface area contributed by atoms with Crippen molar-refractivity contribution in [3.63, 3.8) is 0 Å². The molecule has 0 aliphatic rings. The Balaban J connectivity index is 1.46. The number of ether oxygens (including phenoxy) is 1.